The van der Waals surface area contributed by atoms with Crippen molar-refractivity contribution in [3.63, 3.8) is 0 Å². The number of ether oxygens (including phenoxy) is 3. The predicted molar refractivity (Wildman–Crippen MR) is 130 cm³/mol. The van der Waals surface area contributed by atoms with Gasteiger partial charge in [-0.2, -0.15) is 0 Å². The molecule has 0 saturated heterocycles. The molecular weight excluding hydrogens is 452 g/mol. The van der Waals surface area contributed by atoms with Crippen molar-refractivity contribution in [2.45, 2.75) is 19.0 Å². The maximum Gasteiger partial charge on any atom is 0.331 e. The Bertz CT molecular complexity index is 1510. The van der Waals surface area contributed by atoms with E-state index in [-0.39, 0.29) is 12.1 Å². The molecule has 0 spiro atoms. The molecule has 0 saturated carbocycles. The second-order valence-electron chi connectivity index (χ2n) is 8.37. The zero-order chi connectivity index (χ0) is 24.7. The lowest BCUT2D eigenvalue weighted by Crippen LogP contribution is -2.39. The number of nitrogens with one attached hydrogen (secondary N) is 3. The third kappa shape index (κ3) is 3.91. The van der Waals surface area contributed by atoms with Gasteiger partial charge in [0, 0.05) is 29.2 Å². The van der Waals surface area contributed by atoms with Gasteiger partial charge in [0.1, 0.15) is 22.8 Å². The average molecular weight is 479 g/mol. The van der Waals surface area contributed by atoms with Gasteiger partial charge in [0.05, 0.1) is 33.9 Å². The van der Waals surface area contributed by atoms with Crippen molar-refractivity contribution in [2.75, 3.05) is 27.9 Å². The Labute approximate surface area is 200 Å². The first-order valence-electron chi connectivity index (χ1n) is 11.1. The number of methoxy groups -OCH3 is 3. The van der Waals surface area contributed by atoms with Crippen LogP contribution in [0.1, 0.15) is 28.4 Å². The molecule has 10 nitrogen and oxygen atoms in total. The molecule has 3 heterocycles. The molecule has 1 aliphatic rings. The summed E-state index contributed by atoms with van der Waals surface area (Å²) in [6, 6.07) is 10.3. The SMILES string of the molecule is COc1cc(Cn2c(O)c(C3NCCc4c3[nH]c3ccc(OC)cc43)c(=O)[nH]c2=O)cc(OC)c1. The van der Waals surface area contributed by atoms with Crippen molar-refractivity contribution >= 4 is 10.9 Å². The van der Waals surface area contributed by atoms with Gasteiger partial charge in [0.25, 0.3) is 5.56 Å². The fourth-order valence-electron chi connectivity index (χ4n) is 4.70. The van der Waals surface area contributed by atoms with Crippen molar-refractivity contribution in [2.24, 2.45) is 0 Å². The third-order valence-electron chi connectivity index (χ3n) is 6.41. The highest BCUT2D eigenvalue weighted by Gasteiger charge is 2.31. The predicted octanol–water partition coefficient (Wildman–Crippen LogP) is 2.03. The zero-order valence-electron chi connectivity index (χ0n) is 19.6. The summed E-state index contributed by atoms with van der Waals surface area (Å²) in [6.07, 6.45) is 0.737. The van der Waals surface area contributed by atoms with Crippen LogP contribution in [0, 0.1) is 0 Å². The van der Waals surface area contributed by atoms with Crippen molar-refractivity contribution in [1.29, 1.82) is 0 Å². The Morgan fingerprint density at radius 2 is 1.69 bits per heavy atom. The van der Waals surface area contributed by atoms with Gasteiger partial charge < -0.3 is 29.6 Å². The maximum absolute atomic E-state index is 12.9. The van der Waals surface area contributed by atoms with Crippen molar-refractivity contribution < 1.29 is 19.3 Å². The minimum Gasteiger partial charge on any atom is -0.497 e. The molecule has 2 aromatic carbocycles. The van der Waals surface area contributed by atoms with Crippen LogP contribution in [0.5, 0.6) is 23.1 Å². The molecule has 0 bridgehead atoms. The summed E-state index contributed by atoms with van der Waals surface area (Å²) in [5, 5.41) is 15.5. The van der Waals surface area contributed by atoms with Gasteiger partial charge in [0.2, 0.25) is 5.88 Å². The number of rotatable bonds is 6. The molecule has 0 radical (unpaired) electrons. The first-order chi connectivity index (χ1) is 16.9. The molecule has 4 aromatic rings. The molecular formula is C25H26N4O6. The fraction of sp³-hybridized carbons (Fsp3) is 0.280. The normalized spacial score (nSPS) is 15.1. The van der Waals surface area contributed by atoms with Crippen LogP contribution in [0.15, 0.2) is 46.0 Å². The lowest BCUT2D eigenvalue weighted by molar-refractivity contribution is 0.384. The van der Waals surface area contributed by atoms with Gasteiger partial charge in [-0.1, -0.05) is 0 Å². The molecule has 0 fully saturated rings. The van der Waals surface area contributed by atoms with Crippen molar-refractivity contribution in [3.8, 4) is 23.1 Å². The molecule has 1 atom stereocenters. The summed E-state index contributed by atoms with van der Waals surface area (Å²) in [6.45, 7) is 0.596. The molecule has 182 valence electrons. The number of nitrogens with zero attached hydrogens (tertiary/aromatic N) is 1. The van der Waals surface area contributed by atoms with E-state index in [0.717, 1.165) is 38.9 Å². The molecule has 10 heteroatoms. The minimum atomic E-state index is -0.713. The summed E-state index contributed by atoms with van der Waals surface area (Å²) in [7, 11) is 4.68. The number of H-pyrrole nitrogens is 2. The Morgan fingerprint density at radius 3 is 2.37 bits per heavy atom. The van der Waals surface area contributed by atoms with E-state index in [1.54, 1.807) is 25.3 Å². The summed E-state index contributed by atoms with van der Waals surface area (Å²) in [5.41, 5.74) is 2.08. The van der Waals surface area contributed by atoms with Crippen LogP contribution in [-0.4, -0.2) is 47.5 Å². The van der Waals surface area contributed by atoms with Crippen LogP contribution in [0.3, 0.4) is 0 Å². The largest absolute Gasteiger partial charge is 0.497 e. The van der Waals surface area contributed by atoms with E-state index in [1.165, 1.54) is 14.2 Å². The molecule has 5 rings (SSSR count). The fourth-order valence-corrected chi connectivity index (χ4v) is 4.70. The number of hydrogen-bond donors (Lipinski definition) is 4. The van der Waals surface area contributed by atoms with E-state index < -0.39 is 23.2 Å². The molecule has 1 unspecified atom stereocenters. The van der Waals surface area contributed by atoms with E-state index in [0.29, 0.717) is 23.6 Å². The van der Waals surface area contributed by atoms with Crippen LogP contribution in [0.4, 0.5) is 0 Å². The number of aromatic nitrogens is 3. The second kappa shape index (κ2) is 8.88. The quantitative estimate of drug-likeness (QED) is 0.334. The smallest absolute Gasteiger partial charge is 0.331 e. The van der Waals surface area contributed by atoms with Crippen molar-refractivity contribution in [1.82, 2.24) is 19.9 Å². The van der Waals surface area contributed by atoms with E-state index in [1.807, 2.05) is 18.2 Å². The van der Waals surface area contributed by atoms with Gasteiger partial charge in [-0.25, -0.2) is 4.79 Å². The Kier molecular flexibility index (Phi) is 5.73. The summed E-state index contributed by atoms with van der Waals surface area (Å²) >= 11 is 0. The molecule has 0 amide bonds. The van der Waals surface area contributed by atoms with Crippen LogP contribution in [-0.2, 0) is 13.0 Å². The van der Waals surface area contributed by atoms with E-state index in [2.05, 4.69) is 15.3 Å². The van der Waals surface area contributed by atoms with Gasteiger partial charge in [-0.15, -0.1) is 0 Å². The summed E-state index contributed by atoms with van der Waals surface area (Å²) in [5.74, 6) is 1.42. The number of aromatic amines is 2. The van der Waals surface area contributed by atoms with Crippen molar-refractivity contribution in [3.05, 3.63) is 79.6 Å². The lowest BCUT2D eigenvalue weighted by Gasteiger charge is -2.25. The standard InChI is InChI=1S/C25H26N4O6/c1-33-14-4-5-19-18(11-14)17-6-7-26-22(21(17)27-19)20-23(30)28-25(32)29(24(20)31)12-13-8-15(34-2)10-16(9-13)35-3/h4-5,8-11,22,26-27,31H,6-7,12H2,1-3H3,(H,28,30,32). The molecule has 0 aliphatic carbocycles. The number of hydrogen-bond acceptors (Lipinski definition) is 7. The Morgan fingerprint density at radius 1 is 0.971 bits per heavy atom. The lowest BCUT2D eigenvalue weighted by atomic mass is 9.95. The average Bonchev–Trinajstić information content (AvgIpc) is 3.24. The van der Waals surface area contributed by atoms with Gasteiger partial charge in [0.15, 0.2) is 0 Å². The molecule has 35 heavy (non-hydrogen) atoms. The van der Waals surface area contributed by atoms with Gasteiger partial charge >= 0.3 is 5.69 Å². The first-order valence-corrected chi connectivity index (χ1v) is 11.1. The summed E-state index contributed by atoms with van der Waals surface area (Å²) < 4.78 is 17.1. The Balaban J connectivity index is 1.62. The zero-order valence-corrected chi connectivity index (χ0v) is 19.6. The number of fused-ring (bicyclic) bond motifs is 3. The topological polar surface area (TPSA) is 131 Å². The monoisotopic (exact) mass is 478 g/mol. The van der Waals surface area contributed by atoms with Gasteiger partial charge in [-0.3, -0.25) is 14.3 Å². The highest BCUT2D eigenvalue weighted by atomic mass is 16.5. The number of aromatic hydroxyl groups is 1. The van der Waals surface area contributed by atoms with Crippen LogP contribution >= 0.6 is 0 Å². The Hall–Kier alpha value is -4.18. The second-order valence-corrected chi connectivity index (χ2v) is 8.37. The highest BCUT2D eigenvalue weighted by molar-refractivity contribution is 5.86. The molecule has 4 N–H and O–H groups in total. The van der Waals surface area contributed by atoms with Crippen LogP contribution in [0.2, 0.25) is 0 Å². The van der Waals surface area contributed by atoms with E-state index in [4.69, 9.17) is 14.2 Å². The highest BCUT2D eigenvalue weighted by Crippen LogP contribution is 2.36. The van der Waals surface area contributed by atoms with E-state index >= 15 is 0 Å². The van der Waals surface area contributed by atoms with Crippen LogP contribution < -0.4 is 30.8 Å². The van der Waals surface area contributed by atoms with Gasteiger partial charge in [-0.05, 0) is 47.9 Å². The van der Waals surface area contributed by atoms with E-state index in [9.17, 15) is 14.7 Å². The van der Waals surface area contributed by atoms with Crippen LogP contribution in [0.25, 0.3) is 10.9 Å². The third-order valence-corrected chi connectivity index (χ3v) is 6.41. The first kappa shape index (κ1) is 22.6. The molecule has 1 aliphatic heterocycles. The minimum absolute atomic E-state index is 0.00544. The summed E-state index contributed by atoms with van der Waals surface area (Å²) in [4.78, 5) is 31.4. The number of benzene rings is 2. The molecule has 2 aromatic heterocycles. The maximum atomic E-state index is 12.9.